The average Bonchev–Trinajstić information content (AvgIpc) is 2.61. The van der Waals surface area contributed by atoms with Gasteiger partial charge in [0, 0.05) is 39.1 Å². The van der Waals surface area contributed by atoms with Crippen molar-refractivity contribution >= 4 is 27.6 Å². The van der Waals surface area contributed by atoms with Crippen LogP contribution in [0.15, 0.2) is 24.3 Å². The summed E-state index contributed by atoms with van der Waals surface area (Å²) < 4.78 is 30.4. The van der Waals surface area contributed by atoms with E-state index in [2.05, 4.69) is 4.90 Å². The molecular weight excluding hydrogens is 358 g/mol. The molecule has 1 fully saturated rings. The standard InChI is InChI=1S/C17H25N3O5S/c1-18-10-12-19(13-11-18)16(21)8-9-20(26(3,23)24)15-7-5-4-6-14(15)17(22)25-2/h4-7H,8-13H2,1-3H3. The van der Waals surface area contributed by atoms with Crippen molar-refractivity contribution in [2.24, 2.45) is 0 Å². The number of amides is 1. The van der Waals surface area contributed by atoms with Gasteiger partial charge in [0.25, 0.3) is 0 Å². The molecule has 0 aliphatic carbocycles. The van der Waals surface area contributed by atoms with Gasteiger partial charge in [-0.15, -0.1) is 0 Å². The minimum Gasteiger partial charge on any atom is -0.465 e. The number of nitrogens with zero attached hydrogens (tertiary/aromatic N) is 3. The van der Waals surface area contributed by atoms with Crippen LogP contribution in [0.1, 0.15) is 16.8 Å². The van der Waals surface area contributed by atoms with Crippen molar-refractivity contribution in [1.29, 1.82) is 0 Å². The molecule has 2 rings (SSSR count). The molecule has 0 bridgehead atoms. The summed E-state index contributed by atoms with van der Waals surface area (Å²) in [6, 6.07) is 6.31. The quantitative estimate of drug-likeness (QED) is 0.661. The number of para-hydroxylation sites is 1. The van der Waals surface area contributed by atoms with Gasteiger partial charge in [0.2, 0.25) is 15.9 Å². The van der Waals surface area contributed by atoms with Crippen molar-refractivity contribution in [3.8, 4) is 0 Å². The van der Waals surface area contributed by atoms with E-state index in [1.807, 2.05) is 7.05 Å². The zero-order chi connectivity index (χ0) is 19.3. The summed E-state index contributed by atoms with van der Waals surface area (Å²) in [5.74, 6) is -0.720. The molecule has 8 nitrogen and oxygen atoms in total. The Labute approximate surface area is 154 Å². The molecular formula is C17H25N3O5S. The third kappa shape index (κ3) is 4.95. The molecule has 1 heterocycles. The smallest absolute Gasteiger partial charge is 0.340 e. The van der Waals surface area contributed by atoms with Crippen LogP contribution >= 0.6 is 0 Å². The number of carbonyl (C=O) groups is 2. The summed E-state index contributed by atoms with van der Waals surface area (Å²) in [7, 11) is -0.437. The first kappa shape index (κ1) is 20.2. The van der Waals surface area contributed by atoms with E-state index < -0.39 is 16.0 Å². The third-order valence-corrected chi connectivity index (χ3v) is 5.54. The fraction of sp³-hybridized carbons (Fsp3) is 0.529. The second-order valence-electron chi connectivity index (χ2n) is 6.28. The number of piperazine rings is 1. The molecule has 1 aromatic carbocycles. The van der Waals surface area contributed by atoms with Crippen molar-refractivity contribution in [3.63, 3.8) is 0 Å². The molecule has 144 valence electrons. The highest BCUT2D eigenvalue weighted by Crippen LogP contribution is 2.24. The van der Waals surface area contributed by atoms with Gasteiger partial charge in [0.05, 0.1) is 24.6 Å². The van der Waals surface area contributed by atoms with Crippen molar-refractivity contribution in [2.45, 2.75) is 6.42 Å². The monoisotopic (exact) mass is 383 g/mol. The van der Waals surface area contributed by atoms with E-state index in [1.54, 1.807) is 17.0 Å². The molecule has 1 aromatic rings. The summed E-state index contributed by atoms with van der Waals surface area (Å²) >= 11 is 0. The molecule has 1 aliphatic rings. The van der Waals surface area contributed by atoms with E-state index in [-0.39, 0.29) is 30.1 Å². The van der Waals surface area contributed by atoms with E-state index >= 15 is 0 Å². The predicted molar refractivity (Wildman–Crippen MR) is 98.7 cm³/mol. The average molecular weight is 383 g/mol. The van der Waals surface area contributed by atoms with E-state index in [4.69, 9.17) is 4.74 Å². The van der Waals surface area contributed by atoms with Gasteiger partial charge in [-0.05, 0) is 19.2 Å². The number of hydrogen-bond donors (Lipinski definition) is 0. The number of hydrogen-bond acceptors (Lipinski definition) is 6. The Hall–Kier alpha value is -2.13. The minimum absolute atomic E-state index is 0.0297. The molecule has 1 saturated heterocycles. The number of anilines is 1. The Morgan fingerprint density at radius 3 is 2.35 bits per heavy atom. The Morgan fingerprint density at radius 2 is 1.77 bits per heavy atom. The van der Waals surface area contributed by atoms with Crippen molar-refractivity contribution in [1.82, 2.24) is 9.80 Å². The summed E-state index contributed by atoms with van der Waals surface area (Å²) in [4.78, 5) is 28.3. The number of methoxy groups -OCH3 is 1. The zero-order valence-corrected chi connectivity index (χ0v) is 16.2. The Morgan fingerprint density at radius 1 is 1.15 bits per heavy atom. The lowest BCUT2D eigenvalue weighted by Crippen LogP contribution is -2.48. The predicted octanol–water partition coefficient (Wildman–Crippen LogP) is 0.403. The van der Waals surface area contributed by atoms with E-state index in [0.717, 1.165) is 23.7 Å². The number of benzene rings is 1. The first-order valence-electron chi connectivity index (χ1n) is 8.35. The van der Waals surface area contributed by atoms with Gasteiger partial charge >= 0.3 is 5.97 Å². The summed E-state index contributed by atoms with van der Waals surface area (Å²) in [6.45, 7) is 2.83. The molecule has 0 saturated carbocycles. The van der Waals surface area contributed by atoms with Gasteiger partial charge in [-0.1, -0.05) is 12.1 Å². The number of likely N-dealkylation sites (N-methyl/N-ethyl adjacent to an activating group) is 1. The summed E-state index contributed by atoms with van der Waals surface area (Å²) in [5, 5.41) is 0. The molecule has 0 spiro atoms. The highest BCUT2D eigenvalue weighted by atomic mass is 32.2. The zero-order valence-electron chi connectivity index (χ0n) is 15.3. The van der Waals surface area contributed by atoms with Crippen LogP contribution in [0, 0.1) is 0 Å². The largest absolute Gasteiger partial charge is 0.465 e. The number of sulfonamides is 1. The highest BCUT2D eigenvalue weighted by molar-refractivity contribution is 7.92. The van der Waals surface area contributed by atoms with Gasteiger partial charge < -0.3 is 14.5 Å². The third-order valence-electron chi connectivity index (χ3n) is 4.36. The van der Waals surface area contributed by atoms with E-state index in [0.29, 0.717) is 13.1 Å². The lowest BCUT2D eigenvalue weighted by atomic mass is 10.1. The van der Waals surface area contributed by atoms with E-state index in [9.17, 15) is 18.0 Å². The highest BCUT2D eigenvalue weighted by Gasteiger charge is 2.26. The maximum atomic E-state index is 12.4. The fourth-order valence-electron chi connectivity index (χ4n) is 2.85. The molecule has 0 aromatic heterocycles. The minimum atomic E-state index is -3.67. The lowest BCUT2D eigenvalue weighted by Gasteiger charge is -2.33. The first-order valence-corrected chi connectivity index (χ1v) is 10.2. The molecule has 0 radical (unpaired) electrons. The lowest BCUT2D eigenvalue weighted by molar-refractivity contribution is -0.132. The van der Waals surface area contributed by atoms with Crippen LogP contribution in [-0.2, 0) is 19.6 Å². The van der Waals surface area contributed by atoms with Gasteiger partial charge in [0.1, 0.15) is 0 Å². The maximum absolute atomic E-state index is 12.4. The second-order valence-corrected chi connectivity index (χ2v) is 8.18. The fourth-order valence-corrected chi connectivity index (χ4v) is 3.79. The van der Waals surface area contributed by atoms with E-state index in [1.165, 1.54) is 19.2 Å². The number of rotatable bonds is 6. The van der Waals surface area contributed by atoms with Crippen LogP contribution in [0.3, 0.4) is 0 Å². The normalized spacial score (nSPS) is 15.6. The van der Waals surface area contributed by atoms with Gasteiger partial charge in [-0.25, -0.2) is 13.2 Å². The Bertz CT molecular complexity index is 757. The Balaban J connectivity index is 2.17. The van der Waals surface area contributed by atoms with Crippen LogP contribution in [-0.4, -0.2) is 83.2 Å². The van der Waals surface area contributed by atoms with Crippen molar-refractivity contribution in [2.75, 3.05) is 57.4 Å². The first-order chi connectivity index (χ1) is 12.2. The molecule has 1 amide bonds. The number of carbonyl (C=O) groups excluding carboxylic acids is 2. The van der Waals surface area contributed by atoms with Crippen LogP contribution in [0.5, 0.6) is 0 Å². The second kappa shape index (κ2) is 8.50. The Kier molecular flexibility index (Phi) is 6.60. The molecule has 0 atom stereocenters. The van der Waals surface area contributed by atoms with Crippen LogP contribution in [0.25, 0.3) is 0 Å². The summed E-state index contributed by atoms with van der Waals surface area (Å²) in [6.07, 6.45) is 1.10. The van der Waals surface area contributed by atoms with Crippen molar-refractivity contribution < 1.29 is 22.7 Å². The van der Waals surface area contributed by atoms with Crippen molar-refractivity contribution in [3.05, 3.63) is 29.8 Å². The number of ether oxygens (including phenoxy) is 1. The summed E-state index contributed by atoms with van der Waals surface area (Å²) in [5.41, 5.74) is 0.362. The topological polar surface area (TPSA) is 87.2 Å². The molecule has 0 unspecified atom stereocenters. The SMILES string of the molecule is COC(=O)c1ccccc1N(CCC(=O)N1CCN(C)CC1)S(C)(=O)=O. The number of esters is 1. The van der Waals surface area contributed by atoms with Gasteiger partial charge in [-0.3, -0.25) is 9.10 Å². The molecule has 1 aliphatic heterocycles. The van der Waals surface area contributed by atoms with Crippen LogP contribution < -0.4 is 4.31 Å². The van der Waals surface area contributed by atoms with Crippen LogP contribution in [0.4, 0.5) is 5.69 Å². The molecule has 9 heteroatoms. The van der Waals surface area contributed by atoms with Gasteiger partial charge in [-0.2, -0.15) is 0 Å². The molecule has 0 N–H and O–H groups in total. The van der Waals surface area contributed by atoms with Crippen LogP contribution in [0.2, 0.25) is 0 Å². The van der Waals surface area contributed by atoms with Gasteiger partial charge in [0.15, 0.2) is 0 Å². The maximum Gasteiger partial charge on any atom is 0.340 e. The molecule has 26 heavy (non-hydrogen) atoms.